The summed E-state index contributed by atoms with van der Waals surface area (Å²) in [5.74, 6) is 1.85. The van der Waals surface area contributed by atoms with Crippen molar-refractivity contribution in [2.24, 2.45) is 0 Å². The minimum Gasteiger partial charge on any atom is -0.352 e. The van der Waals surface area contributed by atoms with Gasteiger partial charge in [-0.25, -0.2) is 4.98 Å². The van der Waals surface area contributed by atoms with Crippen molar-refractivity contribution in [3.63, 3.8) is 0 Å². The highest BCUT2D eigenvalue weighted by Crippen LogP contribution is 2.23. The van der Waals surface area contributed by atoms with E-state index in [1.54, 1.807) is 23.2 Å². The summed E-state index contributed by atoms with van der Waals surface area (Å²) < 4.78 is 1.69. The topological polar surface area (TPSA) is 75.3 Å². The van der Waals surface area contributed by atoms with Crippen LogP contribution in [-0.4, -0.2) is 56.0 Å². The monoisotopic (exact) mass is 296 g/mol. The van der Waals surface area contributed by atoms with Gasteiger partial charge in [0.15, 0.2) is 5.65 Å². The van der Waals surface area contributed by atoms with Crippen LogP contribution in [0.15, 0.2) is 30.9 Å². The number of nitrogens with zero attached hydrogens (tertiary/aromatic N) is 8. The Kier molecular flexibility index (Phi) is 2.88. The van der Waals surface area contributed by atoms with Gasteiger partial charge in [-0.2, -0.15) is 4.52 Å². The van der Waals surface area contributed by atoms with Crippen LogP contribution in [0.3, 0.4) is 0 Å². The van der Waals surface area contributed by atoms with E-state index < -0.39 is 0 Å². The van der Waals surface area contributed by atoms with E-state index in [1.807, 2.05) is 19.1 Å². The van der Waals surface area contributed by atoms with Gasteiger partial charge in [0.1, 0.15) is 18.0 Å². The van der Waals surface area contributed by atoms with Crippen LogP contribution in [-0.2, 0) is 0 Å². The summed E-state index contributed by atoms with van der Waals surface area (Å²) in [7, 11) is 2.06. The quantitative estimate of drug-likeness (QED) is 0.698. The molecule has 112 valence electrons. The first-order valence-corrected chi connectivity index (χ1v) is 7.14. The van der Waals surface area contributed by atoms with Crippen molar-refractivity contribution in [1.29, 1.82) is 0 Å². The number of anilines is 2. The molecule has 0 bridgehead atoms. The van der Waals surface area contributed by atoms with E-state index in [1.165, 1.54) is 0 Å². The highest BCUT2D eigenvalue weighted by Gasteiger charge is 2.32. The maximum atomic E-state index is 4.52. The fourth-order valence-corrected chi connectivity index (χ4v) is 2.58. The Labute approximate surface area is 127 Å². The molecule has 0 amide bonds. The van der Waals surface area contributed by atoms with Crippen molar-refractivity contribution in [1.82, 2.24) is 29.8 Å². The molecule has 0 aliphatic carbocycles. The van der Waals surface area contributed by atoms with Crippen LogP contribution in [0.2, 0.25) is 0 Å². The molecular weight excluding hydrogens is 280 g/mol. The zero-order chi connectivity index (χ0) is 15.1. The molecule has 3 aromatic rings. The van der Waals surface area contributed by atoms with Gasteiger partial charge in [-0.1, -0.05) is 0 Å². The summed E-state index contributed by atoms with van der Waals surface area (Å²) in [6.45, 7) is 3.77. The maximum Gasteiger partial charge on any atom is 0.177 e. The van der Waals surface area contributed by atoms with Crippen LogP contribution in [0, 0.1) is 6.92 Å². The van der Waals surface area contributed by atoms with Crippen molar-refractivity contribution >= 4 is 17.3 Å². The third kappa shape index (κ3) is 2.12. The van der Waals surface area contributed by atoms with Crippen LogP contribution in [0.25, 0.3) is 5.65 Å². The van der Waals surface area contributed by atoms with E-state index in [9.17, 15) is 0 Å². The molecule has 0 spiro atoms. The standard InChI is InChI=1S/C14H16N8/c1-10-5-15-6-14(17-10)20(2)11-7-21(8-11)13-4-3-12-18-16-9-22(12)19-13/h3-6,9,11H,7-8H2,1-2H3. The lowest BCUT2D eigenvalue weighted by Gasteiger charge is -2.44. The van der Waals surface area contributed by atoms with E-state index in [-0.39, 0.29) is 0 Å². The number of aryl methyl sites for hydroxylation is 1. The van der Waals surface area contributed by atoms with Crippen molar-refractivity contribution in [2.75, 3.05) is 29.9 Å². The summed E-state index contributed by atoms with van der Waals surface area (Å²) in [6, 6.07) is 4.32. The van der Waals surface area contributed by atoms with E-state index >= 15 is 0 Å². The SMILES string of the molecule is Cc1cncc(N(C)C2CN(c3ccc4nncn4n3)C2)n1. The molecule has 1 saturated heterocycles. The predicted molar refractivity (Wildman–Crippen MR) is 82.0 cm³/mol. The van der Waals surface area contributed by atoms with Gasteiger partial charge >= 0.3 is 0 Å². The van der Waals surface area contributed by atoms with Gasteiger partial charge in [-0.15, -0.1) is 15.3 Å². The minimum absolute atomic E-state index is 0.412. The second kappa shape index (κ2) is 4.90. The normalized spacial score (nSPS) is 15.1. The van der Waals surface area contributed by atoms with E-state index in [0.29, 0.717) is 6.04 Å². The van der Waals surface area contributed by atoms with Crippen molar-refractivity contribution in [3.8, 4) is 0 Å². The lowest BCUT2D eigenvalue weighted by atomic mass is 10.1. The molecule has 4 heterocycles. The molecule has 4 rings (SSSR count). The van der Waals surface area contributed by atoms with Crippen LogP contribution in [0.1, 0.15) is 5.69 Å². The molecule has 22 heavy (non-hydrogen) atoms. The third-order valence-corrected chi connectivity index (χ3v) is 3.99. The van der Waals surface area contributed by atoms with Gasteiger partial charge in [0.25, 0.3) is 0 Å². The summed E-state index contributed by atoms with van der Waals surface area (Å²) in [5.41, 5.74) is 1.69. The van der Waals surface area contributed by atoms with E-state index in [0.717, 1.165) is 36.1 Å². The van der Waals surface area contributed by atoms with Gasteiger partial charge in [0.2, 0.25) is 0 Å². The second-order valence-electron chi connectivity index (χ2n) is 5.51. The summed E-state index contributed by atoms with van der Waals surface area (Å²) >= 11 is 0. The van der Waals surface area contributed by atoms with Crippen molar-refractivity contribution < 1.29 is 0 Å². The Morgan fingerprint density at radius 2 is 2.09 bits per heavy atom. The number of rotatable bonds is 3. The first kappa shape index (κ1) is 12.9. The van der Waals surface area contributed by atoms with Crippen LogP contribution < -0.4 is 9.80 Å². The lowest BCUT2D eigenvalue weighted by molar-refractivity contribution is 0.486. The molecular formula is C14H16N8. The van der Waals surface area contributed by atoms with Crippen LogP contribution in [0.4, 0.5) is 11.6 Å². The van der Waals surface area contributed by atoms with Crippen LogP contribution >= 0.6 is 0 Å². The minimum atomic E-state index is 0.412. The fourth-order valence-electron chi connectivity index (χ4n) is 2.58. The zero-order valence-electron chi connectivity index (χ0n) is 12.5. The van der Waals surface area contributed by atoms with Gasteiger partial charge in [0, 0.05) is 26.3 Å². The first-order chi connectivity index (χ1) is 10.7. The smallest absolute Gasteiger partial charge is 0.177 e. The summed E-state index contributed by atoms with van der Waals surface area (Å²) in [6.07, 6.45) is 5.18. The summed E-state index contributed by atoms with van der Waals surface area (Å²) in [5, 5.41) is 12.3. The second-order valence-corrected chi connectivity index (χ2v) is 5.51. The predicted octanol–water partition coefficient (Wildman–Crippen LogP) is 0.548. The van der Waals surface area contributed by atoms with Crippen LogP contribution in [0.5, 0.6) is 0 Å². The molecule has 8 nitrogen and oxygen atoms in total. The van der Waals surface area contributed by atoms with Crippen molar-refractivity contribution in [3.05, 3.63) is 36.5 Å². The Morgan fingerprint density at radius 3 is 2.91 bits per heavy atom. The van der Waals surface area contributed by atoms with E-state index in [2.05, 4.69) is 42.1 Å². The molecule has 0 radical (unpaired) electrons. The molecule has 0 N–H and O–H groups in total. The average Bonchev–Trinajstić information content (AvgIpc) is 2.93. The highest BCUT2D eigenvalue weighted by atomic mass is 15.4. The summed E-state index contributed by atoms with van der Waals surface area (Å²) in [4.78, 5) is 13.1. The van der Waals surface area contributed by atoms with Crippen molar-refractivity contribution in [2.45, 2.75) is 13.0 Å². The molecule has 0 saturated carbocycles. The Morgan fingerprint density at radius 1 is 1.23 bits per heavy atom. The Balaban J connectivity index is 1.47. The van der Waals surface area contributed by atoms with Gasteiger partial charge in [-0.3, -0.25) is 4.98 Å². The molecule has 0 unspecified atom stereocenters. The molecule has 1 fully saturated rings. The Bertz CT molecular complexity index is 807. The third-order valence-electron chi connectivity index (χ3n) is 3.99. The van der Waals surface area contributed by atoms with Gasteiger partial charge in [-0.05, 0) is 19.1 Å². The molecule has 1 aliphatic rings. The zero-order valence-corrected chi connectivity index (χ0v) is 12.5. The number of hydrogen-bond acceptors (Lipinski definition) is 7. The van der Waals surface area contributed by atoms with Gasteiger partial charge in [0.05, 0.1) is 17.9 Å². The molecule has 1 aliphatic heterocycles. The van der Waals surface area contributed by atoms with Gasteiger partial charge < -0.3 is 9.80 Å². The average molecular weight is 296 g/mol. The first-order valence-electron chi connectivity index (χ1n) is 7.14. The number of aromatic nitrogens is 6. The molecule has 3 aromatic heterocycles. The molecule has 8 heteroatoms. The number of likely N-dealkylation sites (N-methyl/N-ethyl adjacent to an activating group) is 1. The Hall–Kier alpha value is -2.77. The largest absolute Gasteiger partial charge is 0.352 e. The number of fused-ring (bicyclic) bond motifs is 1. The molecule has 0 atom stereocenters. The van der Waals surface area contributed by atoms with E-state index in [4.69, 9.17) is 0 Å². The molecule has 0 aromatic carbocycles. The highest BCUT2D eigenvalue weighted by molar-refractivity contribution is 5.50. The maximum absolute atomic E-state index is 4.52. The lowest BCUT2D eigenvalue weighted by Crippen LogP contribution is -2.59. The number of hydrogen-bond donors (Lipinski definition) is 0. The fraction of sp³-hybridized carbons (Fsp3) is 0.357.